The number of carbonyl (C=O) groups is 1. The molecule has 1 atom stereocenters. The van der Waals surface area contributed by atoms with E-state index in [9.17, 15) is 9.18 Å². The molecule has 1 aliphatic carbocycles. The van der Waals surface area contributed by atoms with Gasteiger partial charge in [0.2, 0.25) is 0 Å². The van der Waals surface area contributed by atoms with E-state index in [2.05, 4.69) is 4.74 Å². The largest absolute Gasteiger partial charge is 0.465 e. The number of carbonyl (C=O) groups excluding carboxylic acids is 1. The van der Waals surface area contributed by atoms with E-state index < -0.39 is 12.1 Å². The van der Waals surface area contributed by atoms with E-state index in [-0.39, 0.29) is 5.57 Å². The van der Waals surface area contributed by atoms with Crippen LogP contribution in [0, 0.1) is 0 Å². The number of hydrogen-bond acceptors (Lipinski definition) is 2. The lowest BCUT2D eigenvalue weighted by molar-refractivity contribution is -0.135. The summed E-state index contributed by atoms with van der Waals surface area (Å²) >= 11 is 0. The highest BCUT2D eigenvalue weighted by molar-refractivity contribution is 5.92. The topological polar surface area (TPSA) is 26.3 Å². The lowest BCUT2D eigenvalue weighted by Gasteiger charge is -2.12. The van der Waals surface area contributed by atoms with Crippen molar-refractivity contribution in [3.63, 3.8) is 0 Å². The van der Waals surface area contributed by atoms with Gasteiger partial charge in [0.15, 0.2) is 0 Å². The predicted octanol–water partition coefficient (Wildman–Crippen LogP) is 2.72. The van der Waals surface area contributed by atoms with Crippen molar-refractivity contribution < 1.29 is 13.9 Å². The van der Waals surface area contributed by atoms with Gasteiger partial charge in [-0.2, -0.15) is 0 Å². The highest BCUT2D eigenvalue weighted by Gasteiger charge is 2.17. The number of unbranched alkanes of at least 4 members (excludes halogenated alkanes) is 1. The number of alkyl halides is 1. The summed E-state index contributed by atoms with van der Waals surface area (Å²) in [5, 5.41) is 0. The molecule has 0 saturated carbocycles. The lowest BCUT2D eigenvalue weighted by Crippen LogP contribution is -2.11. The van der Waals surface area contributed by atoms with Gasteiger partial charge in [0.25, 0.3) is 0 Å². The molecule has 2 nitrogen and oxygen atoms in total. The fraction of sp³-hybridized carbons (Fsp3) is 0.417. The third kappa shape index (κ3) is 3.05. The SMILES string of the molecule is CCCC=C1C=CC(C(=O)OC)=CC1F. The minimum atomic E-state index is -1.20. The molecule has 0 N–H and O–H groups in total. The molecule has 3 heteroatoms. The number of methoxy groups -OCH3 is 1. The van der Waals surface area contributed by atoms with E-state index in [1.54, 1.807) is 12.2 Å². The second-order valence-electron chi connectivity index (χ2n) is 3.34. The van der Waals surface area contributed by atoms with Gasteiger partial charge in [-0.25, -0.2) is 9.18 Å². The Morgan fingerprint density at radius 3 is 2.87 bits per heavy atom. The molecule has 0 fully saturated rings. The predicted molar refractivity (Wildman–Crippen MR) is 57.1 cm³/mol. The number of hydrogen-bond donors (Lipinski definition) is 0. The molecule has 0 bridgehead atoms. The number of halogens is 1. The van der Waals surface area contributed by atoms with Crippen LogP contribution in [0.5, 0.6) is 0 Å². The maximum Gasteiger partial charge on any atom is 0.337 e. The van der Waals surface area contributed by atoms with Crippen LogP contribution in [-0.2, 0) is 9.53 Å². The fourth-order valence-electron chi connectivity index (χ4n) is 1.33. The zero-order chi connectivity index (χ0) is 11.3. The van der Waals surface area contributed by atoms with Gasteiger partial charge in [-0.05, 0) is 24.1 Å². The molecule has 15 heavy (non-hydrogen) atoms. The summed E-state index contributed by atoms with van der Waals surface area (Å²) in [6.45, 7) is 2.03. The number of allylic oxidation sites excluding steroid dienone is 4. The van der Waals surface area contributed by atoms with Crippen molar-refractivity contribution >= 4 is 5.97 Å². The smallest absolute Gasteiger partial charge is 0.337 e. The molecule has 0 aromatic carbocycles. The highest BCUT2D eigenvalue weighted by atomic mass is 19.1. The average Bonchev–Trinajstić information content (AvgIpc) is 2.26. The molecule has 0 radical (unpaired) electrons. The molecule has 0 aromatic heterocycles. The molecule has 0 amide bonds. The van der Waals surface area contributed by atoms with Crippen LogP contribution in [0.15, 0.2) is 35.5 Å². The third-order valence-corrected chi connectivity index (χ3v) is 2.19. The van der Waals surface area contributed by atoms with Crippen molar-refractivity contribution in [3.8, 4) is 0 Å². The van der Waals surface area contributed by atoms with Gasteiger partial charge in [-0.15, -0.1) is 0 Å². The minimum Gasteiger partial charge on any atom is -0.465 e. The number of ether oxygens (including phenoxy) is 1. The maximum atomic E-state index is 13.5. The van der Waals surface area contributed by atoms with E-state index in [0.29, 0.717) is 5.57 Å². The Balaban J connectivity index is 2.74. The summed E-state index contributed by atoms with van der Waals surface area (Å²) in [6.07, 6.45) is 6.99. The minimum absolute atomic E-state index is 0.277. The summed E-state index contributed by atoms with van der Waals surface area (Å²) in [5.74, 6) is -0.497. The summed E-state index contributed by atoms with van der Waals surface area (Å²) in [7, 11) is 1.28. The third-order valence-electron chi connectivity index (χ3n) is 2.19. The highest BCUT2D eigenvalue weighted by Crippen LogP contribution is 2.20. The van der Waals surface area contributed by atoms with Crippen LogP contribution in [0.25, 0.3) is 0 Å². The first-order valence-corrected chi connectivity index (χ1v) is 5.01. The van der Waals surface area contributed by atoms with E-state index in [4.69, 9.17) is 0 Å². The summed E-state index contributed by atoms with van der Waals surface area (Å²) in [5.41, 5.74) is 0.892. The summed E-state index contributed by atoms with van der Waals surface area (Å²) in [4.78, 5) is 11.1. The zero-order valence-corrected chi connectivity index (χ0v) is 9.00. The quantitative estimate of drug-likeness (QED) is 0.669. The first-order chi connectivity index (χ1) is 7.19. The van der Waals surface area contributed by atoms with Crippen LogP contribution >= 0.6 is 0 Å². The van der Waals surface area contributed by atoms with Crippen LogP contribution in [0.4, 0.5) is 4.39 Å². The zero-order valence-electron chi connectivity index (χ0n) is 9.00. The monoisotopic (exact) mass is 210 g/mol. The van der Waals surface area contributed by atoms with Crippen LogP contribution < -0.4 is 0 Å². The van der Waals surface area contributed by atoms with Gasteiger partial charge in [0.05, 0.1) is 12.7 Å². The van der Waals surface area contributed by atoms with Gasteiger partial charge in [-0.1, -0.05) is 25.5 Å². The van der Waals surface area contributed by atoms with Crippen LogP contribution in [0.1, 0.15) is 19.8 Å². The molecule has 0 heterocycles. The van der Waals surface area contributed by atoms with Crippen molar-refractivity contribution in [2.45, 2.75) is 25.9 Å². The van der Waals surface area contributed by atoms with E-state index >= 15 is 0 Å². The number of esters is 1. The Kier molecular flexibility index (Phi) is 4.28. The van der Waals surface area contributed by atoms with Gasteiger partial charge < -0.3 is 4.74 Å². The molecule has 1 rings (SSSR count). The average molecular weight is 210 g/mol. The molecule has 1 unspecified atom stereocenters. The van der Waals surface area contributed by atoms with E-state index in [0.717, 1.165) is 12.8 Å². The lowest BCUT2D eigenvalue weighted by atomic mass is 9.99. The second-order valence-corrected chi connectivity index (χ2v) is 3.34. The van der Waals surface area contributed by atoms with Gasteiger partial charge in [-0.3, -0.25) is 0 Å². The van der Waals surface area contributed by atoms with Crippen LogP contribution in [0.3, 0.4) is 0 Å². The van der Waals surface area contributed by atoms with Gasteiger partial charge in [0, 0.05) is 0 Å². The standard InChI is InChI=1S/C12H15FO2/c1-3-4-5-9-6-7-10(8-11(9)13)12(14)15-2/h5-8,11H,3-4H2,1-2H3. The van der Waals surface area contributed by atoms with Gasteiger partial charge in [0.1, 0.15) is 6.17 Å². The van der Waals surface area contributed by atoms with Crippen molar-refractivity contribution in [2.75, 3.05) is 7.11 Å². The fourth-order valence-corrected chi connectivity index (χ4v) is 1.33. The van der Waals surface area contributed by atoms with Crippen molar-refractivity contribution in [2.24, 2.45) is 0 Å². The van der Waals surface area contributed by atoms with E-state index in [1.165, 1.54) is 13.2 Å². The Bertz CT molecular complexity index is 327. The molecule has 0 spiro atoms. The first kappa shape index (κ1) is 11.7. The second kappa shape index (κ2) is 5.49. The number of rotatable bonds is 3. The Labute approximate surface area is 89.1 Å². The normalized spacial score (nSPS) is 22.7. The molecule has 0 aliphatic heterocycles. The molecule has 1 aliphatic rings. The molecule has 82 valence electrons. The van der Waals surface area contributed by atoms with Crippen molar-refractivity contribution in [3.05, 3.63) is 35.5 Å². The van der Waals surface area contributed by atoms with Crippen molar-refractivity contribution in [1.29, 1.82) is 0 Å². The molecular formula is C12H15FO2. The van der Waals surface area contributed by atoms with E-state index in [1.807, 2.05) is 13.0 Å². The Morgan fingerprint density at radius 2 is 2.33 bits per heavy atom. The summed E-state index contributed by atoms with van der Waals surface area (Å²) < 4.78 is 18.0. The molecule has 0 aromatic rings. The molecule has 0 saturated heterocycles. The maximum absolute atomic E-state index is 13.5. The molecular weight excluding hydrogens is 195 g/mol. The Morgan fingerprint density at radius 1 is 1.60 bits per heavy atom. The van der Waals surface area contributed by atoms with Crippen LogP contribution in [-0.4, -0.2) is 19.3 Å². The Hall–Kier alpha value is -1.38. The first-order valence-electron chi connectivity index (χ1n) is 5.01. The van der Waals surface area contributed by atoms with Gasteiger partial charge >= 0.3 is 5.97 Å². The van der Waals surface area contributed by atoms with Crippen LogP contribution in [0.2, 0.25) is 0 Å². The summed E-state index contributed by atoms with van der Waals surface area (Å²) in [6, 6.07) is 0. The van der Waals surface area contributed by atoms with Crippen molar-refractivity contribution in [1.82, 2.24) is 0 Å².